The molecule has 0 saturated carbocycles. The maximum Gasteiger partial charge on any atom is 0.266 e. The number of aryl methyl sites for hydroxylation is 2. The van der Waals surface area contributed by atoms with Crippen molar-refractivity contribution in [1.29, 1.82) is 0 Å². The lowest BCUT2D eigenvalue weighted by Crippen LogP contribution is -2.29. The molecule has 0 atom stereocenters. The zero-order valence-electron chi connectivity index (χ0n) is 12.2. The molecule has 108 valence electrons. The van der Waals surface area contributed by atoms with E-state index in [1.165, 1.54) is 4.90 Å². The Morgan fingerprint density at radius 3 is 2.23 bits per heavy atom. The molecule has 3 aromatic rings. The lowest BCUT2D eigenvalue weighted by atomic mass is 10.1. The fourth-order valence-corrected chi connectivity index (χ4v) is 2.87. The van der Waals surface area contributed by atoms with Crippen molar-refractivity contribution < 1.29 is 9.59 Å². The maximum absolute atomic E-state index is 12.5. The molecule has 1 aromatic heterocycles. The van der Waals surface area contributed by atoms with Gasteiger partial charge in [0.05, 0.1) is 22.3 Å². The molecule has 4 rings (SSSR count). The van der Waals surface area contributed by atoms with Gasteiger partial charge in [-0.2, -0.15) is 5.10 Å². The molecule has 0 fully saturated rings. The monoisotopic (exact) mass is 291 g/mol. The van der Waals surface area contributed by atoms with Crippen molar-refractivity contribution in [3.63, 3.8) is 0 Å². The molecule has 2 amide bonds. The first-order chi connectivity index (χ1) is 10.6. The van der Waals surface area contributed by atoms with E-state index in [-0.39, 0.29) is 11.8 Å². The standard InChI is InChI=1S/C17H13N3O2/c1-10-14-9-11(7-8-15(14)18-19(10)2)20-16(21)12-5-3-4-6-13(12)17(20)22/h3-9H,1-2H3. The number of carbonyl (C=O) groups is 2. The highest BCUT2D eigenvalue weighted by Crippen LogP contribution is 2.31. The molecular weight excluding hydrogens is 278 g/mol. The number of rotatable bonds is 1. The number of imide groups is 1. The Hall–Kier alpha value is -2.95. The van der Waals surface area contributed by atoms with E-state index in [1.807, 2.05) is 26.1 Å². The second-order valence-electron chi connectivity index (χ2n) is 5.40. The summed E-state index contributed by atoms with van der Waals surface area (Å²) < 4.78 is 1.79. The molecule has 0 spiro atoms. The Morgan fingerprint density at radius 1 is 0.955 bits per heavy atom. The van der Waals surface area contributed by atoms with Crippen LogP contribution in [0.1, 0.15) is 26.4 Å². The van der Waals surface area contributed by atoms with E-state index in [2.05, 4.69) is 5.10 Å². The molecule has 1 aliphatic rings. The minimum atomic E-state index is -0.276. The zero-order valence-corrected chi connectivity index (χ0v) is 12.2. The molecule has 0 aliphatic carbocycles. The van der Waals surface area contributed by atoms with Crippen molar-refractivity contribution >= 4 is 28.4 Å². The fraction of sp³-hybridized carbons (Fsp3) is 0.118. The molecular formula is C17H13N3O2. The van der Waals surface area contributed by atoms with Crippen molar-refractivity contribution in [3.05, 3.63) is 59.3 Å². The largest absolute Gasteiger partial charge is 0.272 e. The average molecular weight is 291 g/mol. The summed E-state index contributed by atoms with van der Waals surface area (Å²) in [7, 11) is 1.87. The first-order valence-electron chi connectivity index (χ1n) is 6.99. The van der Waals surface area contributed by atoms with Gasteiger partial charge in [-0.25, -0.2) is 4.90 Å². The first kappa shape index (κ1) is 12.8. The van der Waals surface area contributed by atoms with Crippen LogP contribution in [0.2, 0.25) is 0 Å². The number of amides is 2. The summed E-state index contributed by atoms with van der Waals surface area (Å²) >= 11 is 0. The number of hydrogen-bond donors (Lipinski definition) is 0. The van der Waals surface area contributed by atoms with Gasteiger partial charge in [-0.3, -0.25) is 14.3 Å². The normalized spacial score (nSPS) is 14.0. The summed E-state index contributed by atoms with van der Waals surface area (Å²) in [4.78, 5) is 26.3. The third-order valence-electron chi connectivity index (χ3n) is 4.17. The lowest BCUT2D eigenvalue weighted by Gasteiger charge is -2.13. The lowest BCUT2D eigenvalue weighted by molar-refractivity contribution is 0.0926. The minimum Gasteiger partial charge on any atom is -0.272 e. The highest BCUT2D eigenvalue weighted by atomic mass is 16.2. The Labute approximate surface area is 126 Å². The predicted octanol–water partition coefficient (Wildman–Crippen LogP) is 2.68. The summed E-state index contributed by atoms with van der Waals surface area (Å²) in [5, 5.41) is 5.33. The zero-order chi connectivity index (χ0) is 15.4. The molecule has 0 unspecified atom stereocenters. The van der Waals surface area contributed by atoms with Crippen LogP contribution in [-0.2, 0) is 7.05 Å². The molecule has 0 N–H and O–H groups in total. The van der Waals surface area contributed by atoms with Crippen LogP contribution in [0.5, 0.6) is 0 Å². The van der Waals surface area contributed by atoms with Crippen molar-refractivity contribution in [2.45, 2.75) is 6.92 Å². The average Bonchev–Trinajstić information content (AvgIpc) is 2.95. The molecule has 0 saturated heterocycles. The van der Waals surface area contributed by atoms with Crippen LogP contribution in [-0.4, -0.2) is 21.6 Å². The van der Waals surface area contributed by atoms with Crippen LogP contribution in [0.3, 0.4) is 0 Å². The molecule has 5 nitrogen and oxygen atoms in total. The molecule has 0 bridgehead atoms. The summed E-state index contributed by atoms with van der Waals surface area (Å²) in [5.41, 5.74) is 3.33. The number of nitrogens with zero attached hydrogens (tertiary/aromatic N) is 3. The Morgan fingerprint density at radius 2 is 1.59 bits per heavy atom. The molecule has 0 radical (unpaired) electrons. The highest BCUT2D eigenvalue weighted by molar-refractivity contribution is 6.34. The van der Waals surface area contributed by atoms with Gasteiger partial charge < -0.3 is 0 Å². The number of carbonyl (C=O) groups excluding carboxylic acids is 2. The number of aromatic nitrogens is 2. The van der Waals surface area contributed by atoms with Crippen molar-refractivity contribution in [1.82, 2.24) is 9.78 Å². The molecule has 22 heavy (non-hydrogen) atoms. The quantitative estimate of drug-likeness (QED) is 0.648. The summed E-state index contributed by atoms with van der Waals surface area (Å²) in [5.74, 6) is -0.553. The highest BCUT2D eigenvalue weighted by Gasteiger charge is 2.36. The summed E-state index contributed by atoms with van der Waals surface area (Å²) in [6.45, 7) is 1.96. The first-order valence-corrected chi connectivity index (χ1v) is 6.99. The van der Waals surface area contributed by atoms with Crippen LogP contribution in [0, 0.1) is 6.92 Å². The number of benzene rings is 2. The fourth-order valence-electron chi connectivity index (χ4n) is 2.87. The van der Waals surface area contributed by atoms with Gasteiger partial charge in [-0.1, -0.05) is 12.1 Å². The smallest absolute Gasteiger partial charge is 0.266 e. The van der Waals surface area contributed by atoms with Crippen molar-refractivity contribution in [3.8, 4) is 0 Å². The topological polar surface area (TPSA) is 55.2 Å². The van der Waals surface area contributed by atoms with E-state index in [9.17, 15) is 9.59 Å². The number of hydrogen-bond acceptors (Lipinski definition) is 3. The molecule has 2 aromatic carbocycles. The Balaban J connectivity index is 1.88. The van der Waals surface area contributed by atoms with E-state index < -0.39 is 0 Å². The van der Waals surface area contributed by atoms with Crippen LogP contribution >= 0.6 is 0 Å². The molecule has 2 heterocycles. The van der Waals surface area contributed by atoms with Gasteiger partial charge in [-0.15, -0.1) is 0 Å². The van der Waals surface area contributed by atoms with E-state index in [1.54, 1.807) is 35.0 Å². The van der Waals surface area contributed by atoms with Gasteiger partial charge in [-0.05, 0) is 37.3 Å². The van der Waals surface area contributed by atoms with E-state index in [0.29, 0.717) is 16.8 Å². The van der Waals surface area contributed by atoms with Gasteiger partial charge in [0.2, 0.25) is 0 Å². The van der Waals surface area contributed by atoms with Gasteiger partial charge >= 0.3 is 0 Å². The van der Waals surface area contributed by atoms with E-state index in [0.717, 1.165) is 16.6 Å². The molecule has 1 aliphatic heterocycles. The summed E-state index contributed by atoms with van der Waals surface area (Å²) in [6.07, 6.45) is 0. The molecule has 5 heteroatoms. The minimum absolute atomic E-state index is 0.276. The van der Waals surface area contributed by atoms with Crippen LogP contribution < -0.4 is 4.90 Å². The van der Waals surface area contributed by atoms with E-state index >= 15 is 0 Å². The van der Waals surface area contributed by atoms with Gasteiger partial charge in [0, 0.05) is 18.1 Å². The van der Waals surface area contributed by atoms with Gasteiger partial charge in [0.15, 0.2) is 0 Å². The van der Waals surface area contributed by atoms with Crippen LogP contribution in [0.25, 0.3) is 10.9 Å². The maximum atomic E-state index is 12.5. The third kappa shape index (κ3) is 1.56. The summed E-state index contributed by atoms with van der Waals surface area (Å²) in [6, 6.07) is 12.3. The van der Waals surface area contributed by atoms with Crippen LogP contribution in [0.4, 0.5) is 5.69 Å². The van der Waals surface area contributed by atoms with E-state index in [4.69, 9.17) is 0 Å². The Bertz CT molecular complexity index is 921. The second kappa shape index (κ2) is 4.27. The third-order valence-corrected chi connectivity index (χ3v) is 4.17. The van der Waals surface area contributed by atoms with Gasteiger partial charge in [0.1, 0.15) is 0 Å². The number of anilines is 1. The van der Waals surface area contributed by atoms with Crippen molar-refractivity contribution in [2.75, 3.05) is 4.90 Å². The Kier molecular flexibility index (Phi) is 2.48. The second-order valence-corrected chi connectivity index (χ2v) is 5.40. The predicted molar refractivity (Wildman–Crippen MR) is 83.0 cm³/mol. The SMILES string of the molecule is Cc1c2cc(N3C(=O)c4ccccc4C3=O)ccc2nn1C. The van der Waals surface area contributed by atoms with Crippen molar-refractivity contribution in [2.24, 2.45) is 7.05 Å². The van der Waals surface area contributed by atoms with Crippen LogP contribution in [0.15, 0.2) is 42.5 Å². The van der Waals surface area contributed by atoms with Gasteiger partial charge in [0.25, 0.3) is 11.8 Å². The number of fused-ring (bicyclic) bond motifs is 2.